The van der Waals surface area contributed by atoms with Crippen molar-refractivity contribution >= 4 is 33.4 Å². The number of phenols is 1. The molecule has 4 N–H and O–H groups in total. The van der Waals surface area contributed by atoms with E-state index in [0.29, 0.717) is 26.1 Å². The molecule has 1 unspecified atom stereocenters. The molecule has 1 aromatic carbocycles. The van der Waals surface area contributed by atoms with E-state index >= 15 is 0 Å². The van der Waals surface area contributed by atoms with Gasteiger partial charge in [0.2, 0.25) is 5.91 Å². The van der Waals surface area contributed by atoms with Crippen LogP contribution in [-0.2, 0) is 4.79 Å². The first-order chi connectivity index (χ1) is 13.7. The zero-order valence-electron chi connectivity index (χ0n) is 16.2. The molecule has 156 valence electrons. The normalized spacial score (nSPS) is 16.1. The maximum absolute atomic E-state index is 11.9. The molecule has 0 aliphatic carbocycles. The molecule has 1 aliphatic rings. The van der Waals surface area contributed by atoms with Crippen LogP contribution in [0.2, 0.25) is 0 Å². The van der Waals surface area contributed by atoms with E-state index < -0.39 is 0 Å². The second kappa shape index (κ2) is 13.7. The van der Waals surface area contributed by atoms with Gasteiger partial charge in [0.1, 0.15) is 5.75 Å². The molecule has 0 aromatic heterocycles. The van der Waals surface area contributed by atoms with Gasteiger partial charge in [0.05, 0.1) is 5.56 Å². The van der Waals surface area contributed by atoms with Gasteiger partial charge in [0.25, 0.3) is 5.91 Å². The minimum Gasteiger partial charge on any atom is -0.507 e. The van der Waals surface area contributed by atoms with Gasteiger partial charge in [-0.15, -0.1) is 0 Å². The van der Waals surface area contributed by atoms with Gasteiger partial charge in [0.15, 0.2) is 0 Å². The fraction of sp³-hybridized carbons (Fsp3) is 0.600. The van der Waals surface area contributed by atoms with Crippen molar-refractivity contribution in [1.29, 1.82) is 0 Å². The smallest absolute Gasteiger partial charge is 0.255 e. The summed E-state index contributed by atoms with van der Waals surface area (Å²) in [4.78, 5) is 23.7. The van der Waals surface area contributed by atoms with Crippen molar-refractivity contribution in [2.45, 2.75) is 43.8 Å². The fourth-order valence-electron chi connectivity index (χ4n) is 2.90. The van der Waals surface area contributed by atoms with Gasteiger partial charge >= 0.3 is 0 Å². The number of hydrogen-bond acceptors (Lipinski definition) is 6. The summed E-state index contributed by atoms with van der Waals surface area (Å²) in [7, 11) is 3.97. The van der Waals surface area contributed by atoms with Crippen LogP contribution in [0.5, 0.6) is 5.75 Å². The number of rotatable bonds is 13. The third kappa shape index (κ3) is 9.21. The van der Waals surface area contributed by atoms with Crippen molar-refractivity contribution in [3.05, 3.63) is 29.8 Å². The fourth-order valence-corrected chi connectivity index (χ4v) is 5.93. The lowest BCUT2D eigenvalue weighted by Crippen LogP contribution is -2.33. The molecule has 1 fully saturated rings. The predicted molar refractivity (Wildman–Crippen MR) is 118 cm³/mol. The number of aromatic hydroxyl groups is 1. The molecule has 6 nitrogen and oxygen atoms in total. The summed E-state index contributed by atoms with van der Waals surface area (Å²) < 4.78 is 0. The van der Waals surface area contributed by atoms with Crippen LogP contribution in [-0.4, -0.2) is 54.1 Å². The van der Waals surface area contributed by atoms with Crippen molar-refractivity contribution in [1.82, 2.24) is 16.0 Å². The summed E-state index contributed by atoms with van der Waals surface area (Å²) in [5.74, 6) is 1.12. The summed E-state index contributed by atoms with van der Waals surface area (Å²) in [5, 5.41) is 19.4. The molecular formula is C20H31N3O3S2. The minimum absolute atomic E-state index is 0.0138. The summed E-state index contributed by atoms with van der Waals surface area (Å²) in [5.41, 5.74) is 0.283. The summed E-state index contributed by atoms with van der Waals surface area (Å²) >= 11 is 0. The van der Waals surface area contributed by atoms with Crippen LogP contribution < -0.4 is 16.0 Å². The number of carbonyl (C=O) groups is 2. The van der Waals surface area contributed by atoms with Crippen molar-refractivity contribution in [2.24, 2.45) is 0 Å². The molecule has 0 radical (unpaired) electrons. The van der Waals surface area contributed by atoms with Gasteiger partial charge in [-0.05, 0) is 44.4 Å². The average Bonchev–Trinajstić information content (AvgIpc) is 3.21. The van der Waals surface area contributed by atoms with Crippen LogP contribution in [0, 0.1) is 0 Å². The number of hydrogen-bond donors (Lipinski definition) is 4. The van der Waals surface area contributed by atoms with E-state index in [1.807, 2.05) is 21.6 Å². The summed E-state index contributed by atoms with van der Waals surface area (Å²) in [6, 6.07) is 6.49. The van der Waals surface area contributed by atoms with Crippen LogP contribution in [0.3, 0.4) is 0 Å². The van der Waals surface area contributed by atoms with Gasteiger partial charge in [-0.2, -0.15) is 0 Å². The van der Waals surface area contributed by atoms with Crippen molar-refractivity contribution in [3.63, 3.8) is 0 Å². The zero-order valence-corrected chi connectivity index (χ0v) is 17.9. The number of para-hydroxylation sites is 1. The Morgan fingerprint density at radius 3 is 2.68 bits per heavy atom. The van der Waals surface area contributed by atoms with Gasteiger partial charge < -0.3 is 21.1 Å². The molecule has 0 saturated carbocycles. The van der Waals surface area contributed by atoms with Crippen LogP contribution in [0.25, 0.3) is 0 Å². The number of benzene rings is 1. The molecule has 0 bridgehead atoms. The maximum atomic E-state index is 11.9. The molecule has 1 saturated heterocycles. The standard InChI is InChI=1S/C20H31N3O3S2/c24-18-8-3-2-7-17(18)20(26)23-14-13-21-11-5-12-22-19(25)9-4-1-6-16-10-15-27-28-16/h2-3,7-8,16,21,24H,1,4-6,9-15H2,(H,22,25)(H,23,26). The quantitative estimate of drug-likeness (QED) is 0.287. The zero-order chi connectivity index (χ0) is 20.0. The number of unbranched alkanes of at least 4 members (excludes halogenated alkanes) is 1. The van der Waals surface area contributed by atoms with Gasteiger partial charge in [-0.1, -0.05) is 40.1 Å². The third-order valence-corrected chi connectivity index (χ3v) is 7.50. The Morgan fingerprint density at radius 1 is 1.04 bits per heavy atom. The van der Waals surface area contributed by atoms with Gasteiger partial charge in [-0.3, -0.25) is 9.59 Å². The molecule has 0 spiro atoms. The number of amides is 2. The molecule has 1 heterocycles. The first-order valence-electron chi connectivity index (χ1n) is 9.98. The topological polar surface area (TPSA) is 90.5 Å². The maximum Gasteiger partial charge on any atom is 0.255 e. The number of carbonyl (C=O) groups excluding carboxylic acids is 2. The Labute approximate surface area is 175 Å². The third-order valence-electron chi connectivity index (χ3n) is 4.50. The largest absolute Gasteiger partial charge is 0.507 e. The number of phenolic OH excluding ortho intramolecular Hbond substituents is 1. The van der Waals surface area contributed by atoms with E-state index in [1.54, 1.807) is 18.2 Å². The highest BCUT2D eigenvalue weighted by Crippen LogP contribution is 2.39. The SMILES string of the molecule is O=C(CCCCC1CCSS1)NCCCNCCNC(=O)c1ccccc1O. The monoisotopic (exact) mass is 425 g/mol. The van der Waals surface area contributed by atoms with E-state index in [4.69, 9.17) is 0 Å². The van der Waals surface area contributed by atoms with Gasteiger partial charge in [-0.25, -0.2) is 0 Å². The molecule has 2 amide bonds. The van der Waals surface area contributed by atoms with Gasteiger partial charge in [0, 0.05) is 37.1 Å². The summed E-state index contributed by atoms with van der Waals surface area (Å²) in [6.45, 7) is 2.58. The highest BCUT2D eigenvalue weighted by atomic mass is 33.1. The molecule has 28 heavy (non-hydrogen) atoms. The number of nitrogens with one attached hydrogen (secondary N) is 3. The Kier molecular flexibility index (Phi) is 11.2. The van der Waals surface area contributed by atoms with Crippen LogP contribution in [0.15, 0.2) is 24.3 Å². The molecular weight excluding hydrogens is 394 g/mol. The molecule has 1 aromatic rings. The highest BCUT2D eigenvalue weighted by Gasteiger charge is 2.15. The van der Waals surface area contributed by atoms with Crippen molar-refractivity contribution in [3.8, 4) is 5.75 Å². The minimum atomic E-state index is -0.280. The van der Waals surface area contributed by atoms with Crippen LogP contribution >= 0.6 is 21.6 Å². The molecule has 1 atom stereocenters. The molecule has 8 heteroatoms. The van der Waals surface area contributed by atoms with Crippen molar-refractivity contribution in [2.75, 3.05) is 31.9 Å². The van der Waals surface area contributed by atoms with E-state index in [-0.39, 0.29) is 23.1 Å². The van der Waals surface area contributed by atoms with Crippen LogP contribution in [0.4, 0.5) is 0 Å². The Balaban J connectivity index is 1.38. The van der Waals surface area contributed by atoms with E-state index in [1.165, 1.54) is 24.7 Å². The van der Waals surface area contributed by atoms with E-state index in [2.05, 4.69) is 16.0 Å². The first-order valence-corrected chi connectivity index (χ1v) is 12.4. The predicted octanol–water partition coefficient (Wildman–Crippen LogP) is 2.93. The second-order valence-electron chi connectivity index (χ2n) is 6.80. The van der Waals surface area contributed by atoms with Crippen LogP contribution in [0.1, 0.15) is 48.9 Å². The molecule has 2 rings (SSSR count). The van der Waals surface area contributed by atoms with Crippen molar-refractivity contribution < 1.29 is 14.7 Å². The highest BCUT2D eigenvalue weighted by molar-refractivity contribution is 8.77. The van der Waals surface area contributed by atoms with E-state index in [9.17, 15) is 14.7 Å². The lowest BCUT2D eigenvalue weighted by atomic mass is 10.1. The first kappa shape index (κ1) is 22.9. The average molecular weight is 426 g/mol. The Morgan fingerprint density at radius 2 is 1.89 bits per heavy atom. The lowest BCUT2D eigenvalue weighted by molar-refractivity contribution is -0.121. The summed E-state index contributed by atoms with van der Waals surface area (Å²) in [6.07, 6.45) is 6.13. The Bertz CT molecular complexity index is 610. The lowest BCUT2D eigenvalue weighted by Gasteiger charge is -2.09. The second-order valence-corrected chi connectivity index (χ2v) is 9.59. The van der Waals surface area contributed by atoms with E-state index in [0.717, 1.165) is 31.1 Å². The molecule has 1 aliphatic heterocycles. The Hall–Kier alpha value is -1.38.